The Morgan fingerprint density at radius 1 is 1.35 bits per heavy atom. The van der Waals surface area contributed by atoms with Crippen LogP contribution in [0.25, 0.3) is 0 Å². The number of aliphatic carboxylic acids is 1. The number of amides is 2. The molecule has 5 heteroatoms. The molecule has 2 atom stereocenters. The van der Waals surface area contributed by atoms with E-state index in [1.807, 2.05) is 13.8 Å². The first-order chi connectivity index (χ1) is 9.42. The number of carbonyl (C=O) groups is 2. The number of nitrogens with one attached hydrogen (secondary N) is 1. The van der Waals surface area contributed by atoms with Crippen LogP contribution in [0.3, 0.4) is 0 Å². The van der Waals surface area contributed by atoms with E-state index < -0.39 is 12.0 Å². The van der Waals surface area contributed by atoms with Crippen molar-refractivity contribution in [2.75, 3.05) is 6.54 Å². The van der Waals surface area contributed by atoms with Gasteiger partial charge in [-0.1, -0.05) is 26.0 Å². The molecule has 0 spiro atoms. The zero-order chi connectivity index (χ0) is 14.8. The number of carbonyl (C=O) groups excluding carboxylic acids is 1. The fraction of sp³-hybridized carbons (Fsp3) is 0.733. The maximum absolute atomic E-state index is 12.4. The normalized spacial score (nSPS) is 29.0. The Balaban J connectivity index is 2.06. The Morgan fingerprint density at radius 2 is 2.10 bits per heavy atom. The van der Waals surface area contributed by atoms with Crippen molar-refractivity contribution in [2.45, 2.75) is 58.0 Å². The maximum Gasteiger partial charge on any atom is 0.327 e. The van der Waals surface area contributed by atoms with Crippen LogP contribution < -0.4 is 5.32 Å². The summed E-state index contributed by atoms with van der Waals surface area (Å²) >= 11 is 0. The second-order valence-corrected chi connectivity index (χ2v) is 6.46. The Labute approximate surface area is 120 Å². The largest absolute Gasteiger partial charge is 0.480 e. The lowest BCUT2D eigenvalue weighted by atomic mass is 9.76. The quantitative estimate of drug-likeness (QED) is 0.763. The molecule has 0 aromatic carbocycles. The molecule has 0 aromatic rings. The number of hydrogen-bond donors (Lipinski definition) is 2. The Bertz CT molecular complexity index is 417. The van der Waals surface area contributed by atoms with Gasteiger partial charge in [-0.05, 0) is 37.5 Å². The van der Waals surface area contributed by atoms with Gasteiger partial charge in [0.15, 0.2) is 0 Å². The number of nitrogens with zero attached hydrogens (tertiary/aromatic N) is 1. The highest BCUT2D eigenvalue weighted by Crippen LogP contribution is 2.35. The predicted molar refractivity (Wildman–Crippen MR) is 76.5 cm³/mol. The molecule has 2 unspecified atom stereocenters. The summed E-state index contributed by atoms with van der Waals surface area (Å²) in [4.78, 5) is 25.4. The van der Waals surface area contributed by atoms with Crippen molar-refractivity contribution in [3.8, 4) is 0 Å². The van der Waals surface area contributed by atoms with Crippen LogP contribution in [0.5, 0.6) is 0 Å². The summed E-state index contributed by atoms with van der Waals surface area (Å²) in [6.07, 6.45) is 8.61. The average Bonchev–Trinajstić information content (AvgIpc) is 2.37. The molecule has 112 valence electrons. The van der Waals surface area contributed by atoms with Gasteiger partial charge in [0.1, 0.15) is 6.04 Å². The standard InChI is InChI=1S/C15H24N2O3/c1-15(2)9-6-10-17(12(15)13(18)19)14(20)16-11-7-4-3-5-8-11/h3-4,11-12H,5-10H2,1-2H3,(H,16,20)(H,18,19). The van der Waals surface area contributed by atoms with Gasteiger partial charge in [0.2, 0.25) is 0 Å². The first-order valence-electron chi connectivity index (χ1n) is 7.37. The van der Waals surface area contributed by atoms with E-state index >= 15 is 0 Å². The summed E-state index contributed by atoms with van der Waals surface area (Å²) in [5.41, 5.74) is -0.381. The van der Waals surface area contributed by atoms with Crippen molar-refractivity contribution < 1.29 is 14.7 Å². The minimum absolute atomic E-state index is 0.131. The second kappa shape index (κ2) is 5.85. The molecule has 0 radical (unpaired) electrons. The summed E-state index contributed by atoms with van der Waals surface area (Å²) in [6, 6.07) is -0.840. The Morgan fingerprint density at radius 3 is 2.70 bits per heavy atom. The van der Waals surface area contributed by atoms with E-state index in [2.05, 4.69) is 17.5 Å². The van der Waals surface area contributed by atoms with Gasteiger partial charge in [-0.25, -0.2) is 9.59 Å². The van der Waals surface area contributed by atoms with Crippen LogP contribution in [0.2, 0.25) is 0 Å². The maximum atomic E-state index is 12.4. The first-order valence-corrected chi connectivity index (χ1v) is 7.37. The molecule has 1 saturated heterocycles. The second-order valence-electron chi connectivity index (χ2n) is 6.46. The lowest BCUT2D eigenvalue weighted by Crippen LogP contribution is -2.59. The van der Waals surface area contributed by atoms with Crippen molar-refractivity contribution >= 4 is 12.0 Å². The van der Waals surface area contributed by atoms with Crippen LogP contribution in [0.4, 0.5) is 4.79 Å². The van der Waals surface area contributed by atoms with Crippen LogP contribution in [-0.4, -0.2) is 40.6 Å². The highest BCUT2D eigenvalue weighted by Gasteiger charge is 2.44. The molecule has 20 heavy (non-hydrogen) atoms. The average molecular weight is 280 g/mol. The molecule has 0 bridgehead atoms. The number of carboxylic acids is 1. The molecule has 2 aliphatic rings. The van der Waals surface area contributed by atoms with Crippen LogP contribution in [0, 0.1) is 5.41 Å². The van der Waals surface area contributed by atoms with E-state index in [9.17, 15) is 14.7 Å². The third-order valence-electron chi connectivity index (χ3n) is 4.36. The number of rotatable bonds is 2. The van der Waals surface area contributed by atoms with E-state index in [0.717, 1.165) is 32.1 Å². The number of likely N-dealkylation sites (tertiary alicyclic amines) is 1. The molecular formula is C15H24N2O3. The van der Waals surface area contributed by atoms with E-state index in [4.69, 9.17) is 0 Å². The van der Waals surface area contributed by atoms with Crippen molar-refractivity contribution in [3.05, 3.63) is 12.2 Å². The van der Waals surface area contributed by atoms with Gasteiger partial charge in [0.05, 0.1) is 0 Å². The highest BCUT2D eigenvalue weighted by atomic mass is 16.4. The van der Waals surface area contributed by atoms with Gasteiger partial charge < -0.3 is 15.3 Å². The van der Waals surface area contributed by atoms with Gasteiger partial charge in [-0.2, -0.15) is 0 Å². The van der Waals surface area contributed by atoms with Crippen LogP contribution >= 0.6 is 0 Å². The van der Waals surface area contributed by atoms with E-state index in [0.29, 0.717) is 6.54 Å². The third-order valence-corrected chi connectivity index (χ3v) is 4.36. The molecule has 0 aromatic heterocycles. The molecule has 2 rings (SSSR count). The molecule has 1 fully saturated rings. The van der Waals surface area contributed by atoms with Crippen molar-refractivity contribution in [1.29, 1.82) is 0 Å². The third kappa shape index (κ3) is 3.14. The van der Waals surface area contributed by atoms with Gasteiger partial charge in [-0.15, -0.1) is 0 Å². The van der Waals surface area contributed by atoms with E-state index in [1.54, 1.807) is 0 Å². The fourth-order valence-electron chi connectivity index (χ4n) is 3.26. The van der Waals surface area contributed by atoms with E-state index in [1.165, 1.54) is 4.90 Å². The molecule has 2 amide bonds. The summed E-state index contributed by atoms with van der Waals surface area (Å²) in [5, 5.41) is 12.4. The summed E-state index contributed by atoms with van der Waals surface area (Å²) in [6.45, 7) is 4.37. The molecule has 1 heterocycles. The molecule has 5 nitrogen and oxygen atoms in total. The number of hydrogen-bond acceptors (Lipinski definition) is 2. The zero-order valence-corrected chi connectivity index (χ0v) is 12.3. The molecule has 1 aliphatic carbocycles. The number of urea groups is 1. The van der Waals surface area contributed by atoms with Crippen LogP contribution in [0.15, 0.2) is 12.2 Å². The lowest BCUT2D eigenvalue weighted by molar-refractivity contribution is -0.148. The van der Waals surface area contributed by atoms with Crippen molar-refractivity contribution in [3.63, 3.8) is 0 Å². The van der Waals surface area contributed by atoms with Gasteiger partial charge in [-0.3, -0.25) is 0 Å². The van der Waals surface area contributed by atoms with E-state index in [-0.39, 0.29) is 17.5 Å². The Hall–Kier alpha value is -1.52. The molecular weight excluding hydrogens is 256 g/mol. The minimum Gasteiger partial charge on any atom is -0.480 e. The zero-order valence-electron chi connectivity index (χ0n) is 12.3. The van der Waals surface area contributed by atoms with Crippen LogP contribution in [-0.2, 0) is 4.79 Å². The van der Waals surface area contributed by atoms with Gasteiger partial charge >= 0.3 is 12.0 Å². The minimum atomic E-state index is -0.909. The number of allylic oxidation sites excluding steroid dienone is 1. The molecule has 1 aliphatic heterocycles. The smallest absolute Gasteiger partial charge is 0.327 e. The SMILES string of the molecule is CC1(C)CCCN(C(=O)NC2CC=CCC2)C1C(=O)O. The summed E-state index contributed by atoms with van der Waals surface area (Å²) in [7, 11) is 0. The molecule has 0 saturated carbocycles. The first kappa shape index (κ1) is 14.9. The highest BCUT2D eigenvalue weighted by molar-refractivity contribution is 5.83. The summed E-state index contributed by atoms with van der Waals surface area (Å²) < 4.78 is 0. The van der Waals surface area contributed by atoms with Gasteiger partial charge in [0, 0.05) is 12.6 Å². The van der Waals surface area contributed by atoms with Crippen molar-refractivity contribution in [2.24, 2.45) is 5.41 Å². The Kier molecular flexibility index (Phi) is 4.35. The number of piperidine rings is 1. The van der Waals surface area contributed by atoms with Crippen molar-refractivity contribution in [1.82, 2.24) is 10.2 Å². The molecule has 2 N–H and O–H groups in total. The summed E-state index contributed by atoms with van der Waals surface area (Å²) in [5.74, 6) is -0.909. The fourth-order valence-corrected chi connectivity index (χ4v) is 3.26. The van der Waals surface area contributed by atoms with Gasteiger partial charge in [0.25, 0.3) is 0 Å². The van der Waals surface area contributed by atoms with Crippen LogP contribution in [0.1, 0.15) is 46.0 Å². The monoisotopic (exact) mass is 280 g/mol. The number of carboxylic acid groups (broad SMARTS) is 1. The lowest BCUT2D eigenvalue weighted by Gasteiger charge is -2.44. The topological polar surface area (TPSA) is 69.6 Å². The predicted octanol–water partition coefficient (Wildman–Crippen LogP) is 2.38.